The fraction of sp³-hybridized carbons (Fsp3) is 0.826. The quantitative estimate of drug-likeness (QED) is 0.337. The molecule has 4 unspecified atom stereocenters. The molecular weight excluding hydrogens is 396 g/mol. The van der Waals surface area contributed by atoms with Gasteiger partial charge in [0.2, 0.25) is 17.7 Å². The molecule has 0 saturated carbocycles. The first kappa shape index (κ1) is 29.0. The van der Waals surface area contributed by atoms with Crippen molar-refractivity contribution < 1.29 is 19.2 Å². The van der Waals surface area contributed by atoms with Crippen molar-refractivity contribution in [3.63, 3.8) is 0 Å². The second kappa shape index (κ2) is 14.2. The molecule has 0 bridgehead atoms. The van der Waals surface area contributed by atoms with Crippen LogP contribution in [0.5, 0.6) is 0 Å². The highest BCUT2D eigenvalue weighted by Crippen LogP contribution is 2.19. The number of rotatable bonds is 15. The van der Waals surface area contributed by atoms with Gasteiger partial charge in [0.05, 0.1) is 11.6 Å². The SMILES string of the molecule is CCCC(NC)C(=O)NC(C)(C=O)CCCC(C)C(=O)N(C)C(CC(C)C)C(=O)NC. The van der Waals surface area contributed by atoms with Crippen LogP contribution in [0.15, 0.2) is 0 Å². The number of nitrogens with one attached hydrogen (secondary N) is 3. The first-order chi connectivity index (χ1) is 14.5. The van der Waals surface area contributed by atoms with Crippen LogP contribution in [-0.2, 0) is 19.2 Å². The average Bonchev–Trinajstić information content (AvgIpc) is 2.73. The van der Waals surface area contributed by atoms with E-state index in [2.05, 4.69) is 16.0 Å². The Labute approximate surface area is 188 Å². The molecule has 0 saturated heterocycles. The molecule has 0 aromatic rings. The van der Waals surface area contributed by atoms with Gasteiger partial charge in [-0.2, -0.15) is 0 Å². The van der Waals surface area contributed by atoms with Gasteiger partial charge >= 0.3 is 0 Å². The molecule has 4 atom stereocenters. The Kier molecular flexibility index (Phi) is 13.3. The average molecular weight is 441 g/mol. The van der Waals surface area contributed by atoms with Crippen LogP contribution >= 0.6 is 0 Å². The number of nitrogens with zero attached hydrogens (tertiary/aromatic N) is 1. The molecule has 8 nitrogen and oxygen atoms in total. The molecule has 180 valence electrons. The van der Waals surface area contributed by atoms with E-state index in [9.17, 15) is 19.2 Å². The maximum atomic E-state index is 12.9. The first-order valence-corrected chi connectivity index (χ1v) is 11.4. The molecular formula is C23H44N4O4. The fourth-order valence-electron chi connectivity index (χ4n) is 3.67. The molecule has 0 radical (unpaired) electrons. The molecule has 0 aliphatic heterocycles. The summed E-state index contributed by atoms with van der Waals surface area (Å²) in [5.41, 5.74) is -0.975. The Hall–Kier alpha value is -1.96. The lowest BCUT2D eigenvalue weighted by atomic mass is 9.92. The second-order valence-corrected chi connectivity index (χ2v) is 9.16. The zero-order valence-electron chi connectivity index (χ0n) is 20.7. The number of likely N-dealkylation sites (N-methyl/N-ethyl adjacent to an activating group) is 3. The Bertz CT molecular complexity index is 596. The molecule has 0 rings (SSSR count). The summed E-state index contributed by atoms with van der Waals surface area (Å²) in [7, 11) is 4.97. The van der Waals surface area contributed by atoms with Gasteiger partial charge in [0.1, 0.15) is 12.3 Å². The molecule has 31 heavy (non-hydrogen) atoms. The maximum Gasteiger partial charge on any atom is 0.242 e. The zero-order chi connectivity index (χ0) is 24.2. The third-order valence-electron chi connectivity index (χ3n) is 5.72. The van der Waals surface area contributed by atoms with E-state index in [-0.39, 0.29) is 35.6 Å². The third kappa shape index (κ3) is 9.80. The molecule has 3 N–H and O–H groups in total. The van der Waals surface area contributed by atoms with E-state index >= 15 is 0 Å². The predicted molar refractivity (Wildman–Crippen MR) is 123 cm³/mol. The Morgan fingerprint density at radius 3 is 2.13 bits per heavy atom. The summed E-state index contributed by atoms with van der Waals surface area (Å²) in [6.45, 7) is 9.59. The van der Waals surface area contributed by atoms with E-state index in [0.29, 0.717) is 32.1 Å². The van der Waals surface area contributed by atoms with E-state index in [0.717, 1.165) is 12.7 Å². The van der Waals surface area contributed by atoms with Gasteiger partial charge < -0.3 is 25.6 Å². The van der Waals surface area contributed by atoms with Crippen molar-refractivity contribution in [3.8, 4) is 0 Å². The van der Waals surface area contributed by atoms with Crippen LogP contribution in [0.3, 0.4) is 0 Å². The number of hydrogen-bond acceptors (Lipinski definition) is 5. The van der Waals surface area contributed by atoms with Gasteiger partial charge in [-0.3, -0.25) is 14.4 Å². The normalized spacial score (nSPS) is 16.0. The number of carbonyl (C=O) groups excluding carboxylic acids is 4. The molecule has 0 heterocycles. The minimum Gasteiger partial charge on any atom is -0.357 e. The minimum atomic E-state index is -0.975. The molecule has 0 spiro atoms. The van der Waals surface area contributed by atoms with E-state index in [1.807, 2.05) is 27.7 Å². The summed E-state index contributed by atoms with van der Waals surface area (Å²) in [4.78, 5) is 50.8. The van der Waals surface area contributed by atoms with Crippen molar-refractivity contribution in [3.05, 3.63) is 0 Å². The van der Waals surface area contributed by atoms with E-state index in [4.69, 9.17) is 0 Å². The third-order valence-corrected chi connectivity index (χ3v) is 5.72. The molecule has 0 aromatic carbocycles. The fourth-order valence-corrected chi connectivity index (χ4v) is 3.67. The van der Waals surface area contributed by atoms with Crippen molar-refractivity contribution in [1.82, 2.24) is 20.9 Å². The zero-order valence-corrected chi connectivity index (χ0v) is 20.7. The van der Waals surface area contributed by atoms with Gasteiger partial charge in [-0.25, -0.2) is 0 Å². The second-order valence-electron chi connectivity index (χ2n) is 9.16. The van der Waals surface area contributed by atoms with Crippen molar-refractivity contribution in [2.45, 2.75) is 90.8 Å². The van der Waals surface area contributed by atoms with Crippen LogP contribution in [-0.4, -0.2) is 67.7 Å². The lowest BCUT2D eigenvalue weighted by Crippen LogP contribution is -2.53. The Morgan fingerprint density at radius 2 is 1.68 bits per heavy atom. The highest BCUT2D eigenvalue weighted by atomic mass is 16.2. The number of amides is 3. The van der Waals surface area contributed by atoms with Gasteiger partial charge in [-0.15, -0.1) is 0 Å². The lowest BCUT2D eigenvalue weighted by Gasteiger charge is -2.31. The standard InChI is InChI=1S/C23H44N4O4/c1-9-11-18(24-6)20(29)26-23(5,15-28)13-10-12-17(4)22(31)27(8)19(14-16(2)3)21(30)25-7/h15-19,24H,9-14H2,1-8H3,(H,25,30)(H,26,29). The van der Waals surface area contributed by atoms with Gasteiger partial charge in [-0.05, 0) is 52.0 Å². The van der Waals surface area contributed by atoms with Gasteiger partial charge in [0.15, 0.2) is 0 Å². The molecule has 3 amide bonds. The number of carbonyl (C=O) groups is 4. The number of hydrogen-bond donors (Lipinski definition) is 3. The van der Waals surface area contributed by atoms with Crippen LogP contribution in [0.25, 0.3) is 0 Å². The topological polar surface area (TPSA) is 108 Å². The summed E-state index contributed by atoms with van der Waals surface area (Å²) in [6.07, 6.45) is 4.52. The Morgan fingerprint density at radius 1 is 1.06 bits per heavy atom. The summed E-state index contributed by atoms with van der Waals surface area (Å²) in [5.74, 6) is -0.465. The molecule has 0 aliphatic rings. The van der Waals surface area contributed by atoms with Crippen LogP contribution in [0.2, 0.25) is 0 Å². The molecule has 0 aromatic heterocycles. The summed E-state index contributed by atoms with van der Waals surface area (Å²) >= 11 is 0. The van der Waals surface area contributed by atoms with Gasteiger partial charge in [-0.1, -0.05) is 34.1 Å². The van der Waals surface area contributed by atoms with Crippen molar-refractivity contribution in [1.29, 1.82) is 0 Å². The lowest BCUT2D eigenvalue weighted by molar-refractivity contribution is -0.142. The molecule has 0 aliphatic carbocycles. The van der Waals surface area contributed by atoms with Crippen LogP contribution in [0.1, 0.15) is 73.1 Å². The molecule has 0 fully saturated rings. The highest BCUT2D eigenvalue weighted by Gasteiger charge is 2.31. The smallest absolute Gasteiger partial charge is 0.242 e. The number of aldehydes is 1. The van der Waals surface area contributed by atoms with Crippen molar-refractivity contribution in [2.24, 2.45) is 11.8 Å². The van der Waals surface area contributed by atoms with Crippen LogP contribution in [0, 0.1) is 11.8 Å². The highest BCUT2D eigenvalue weighted by molar-refractivity contribution is 5.88. The van der Waals surface area contributed by atoms with Gasteiger partial charge in [0.25, 0.3) is 0 Å². The summed E-state index contributed by atoms with van der Waals surface area (Å²) in [6, 6.07) is -0.836. The van der Waals surface area contributed by atoms with Crippen molar-refractivity contribution in [2.75, 3.05) is 21.1 Å². The van der Waals surface area contributed by atoms with E-state index < -0.39 is 11.6 Å². The minimum absolute atomic E-state index is 0.0933. The van der Waals surface area contributed by atoms with Gasteiger partial charge in [0, 0.05) is 20.0 Å². The van der Waals surface area contributed by atoms with E-state index in [1.54, 1.807) is 28.1 Å². The molecule has 8 heteroatoms. The monoisotopic (exact) mass is 440 g/mol. The van der Waals surface area contributed by atoms with Crippen LogP contribution in [0.4, 0.5) is 0 Å². The first-order valence-electron chi connectivity index (χ1n) is 11.4. The summed E-state index contributed by atoms with van der Waals surface area (Å²) < 4.78 is 0. The van der Waals surface area contributed by atoms with Crippen LogP contribution < -0.4 is 16.0 Å². The Balaban J connectivity index is 4.92. The summed E-state index contributed by atoms with van der Waals surface area (Å²) in [5, 5.41) is 8.47. The predicted octanol–water partition coefficient (Wildman–Crippen LogP) is 1.87. The van der Waals surface area contributed by atoms with Crippen molar-refractivity contribution >= 4 is 24.0 Å². The van der Waals surface area contributed by atoms with E-state index in [1.165, 1.54) is 4.90 Å². The maximum absolute atomic E-state index is 12.9. The largest absolute Gasteiger partial charge is 0.357 e.